The van der Waals surface area contributed by atoms with Crippen LogP contribution in [0.4, 0.5) is 0 Å². The number of furan rings is 1. The largest absolute Gasteiger partial charge is 0.466 e. The molecule has 1 unspecified atom stereocenters. The van der Waals surface area contributed by atoms with Crippen molar-refractivity contribution in [2.45, 2.75) is 12.6 Å². The molecule has 14 heavy (non-hydrogen) atoms. The second-order valence-electron chi connectivity index (χ2n) is 2.93. The third-order valence-electron chi connectivity index (χ3n) is 1.97. The first-order chi connectivity index (χ1) is 6.81. The van der Waals surface area contributed by atoms with Gasteiger partial charge in [0.15, 0.2) is 0 Å². The van der Waals surface area contributed by atoms with Crippen molar-refractivity contribution in [3.8, 4) is 0 Å². The quantitative estimate of drug-likeness (QED) is 0.811. The first kappa shape index (κ1) is 9.45. The second-order valence-corrected chi connectivity index (χ2v) is 4.13. The molecule has 0 saturated heterocycles. The van der Waals surface area contributed by atoms with Gasteiger partial charge in [-0.1, -0.05) is 0 Å². The van der Waals surface area contributed by atoms with E-state index in [1.807, 2.05) is 12.1 Å². The highest BCUT2D eigenvalue weighted by atomic mass is 32.1. The lowest BCUT2D eigenvalue weighted by molar-refractivity contribution is 0.193. The molecule has 2 rings (SSSR count). The summed E-state index contributed by atoms with van der Waals surface area (Å²) in [6, 6.07) is 7.31. The lowest BCUT2D eigenvalue weighted by Crippen LogP contribution is -1.94. The molecule has 0 amide bonds. The zero-order valence-electron chi connectivity index (χ0n) is 7.51. The highest BCUT2D eigenvalue weighted by Crippen LogP contribution is 2.28. The zero-order chi connectivity index (χ0) is 9.97. The average molecular weight is 209 g/mol. The van der Waals surface area contributed by atoms with Crippen molar-refractivity contribution < 1.29 is 9.52 Å². The molecule has 0 aliphatic rings. The standard InChI is InChI=1S/C10H11NO2S/c11-6-7-3-4-9(14-7)10(12)8-2-1-5-13-8/h1-5,10,12H,6,11H2. The Balaban J connectivity index is 2.23. The summed E-state index contributed by atoms with van der Waals surface area (Å²) < 4.78 is 5.12. The van der Waals surface area contributed by atoms with Crippen LogP contribution in [0.1, 0.15) is 21.6 Å². The van der Waals surface area contributed by atoms with Crippen LogP contribution in [0, 0.1) is 0 Å². The van der Waals surface area contributed by atoms with E-state index < -0.39 is 6.10 Å². The molecule has 0 bridgehead atoms. The van der Waals surface area contributed by atoms with Gasteiger partial charge in [0.1, 0.15) is 11.9 Å². The van der Waals surface area contributed by atoms with Gasteiger partial charge in [-0.25, -0.2) is 0 Å². The number of aliphatic hydroxyl groups is 1. The van der Waals surface area contributed by atoms with E-state index in [9.17, 15) is 5.11 Å². The van der Waals surface area contributed by atoms with E-state index in [1.165, 1.54) is 11.3 Å². The number of hydrogen-bond acceptors (Lipinski definition) is 4. The Morgan fingerprint density at radius 3 is 2.86 bits per heavy atom. The average Bonchev–Trinajstić information content (AvgIpc) is 2.88. The van der Waals surface area contributed by atoms with Crippen LogP contribution in [0.25, 0.3) is 0 Å². The van der Waals surface area contributed by atoms with Crippen molar-refractivity contribution in [2.75, 3.05) is 0 Å². The Labute approximate surface area is 85.8 Å². The Hall–Kier alpha value is -1.10. The summed E-state index contributed by atoms with van der Waals surface area (Å²) in [5.41, 5.74) is 5.49. The number of nitrogens with two attached hydrogens (primary N) is 1. The fourth-order valence-corrected chi connectivity index (χ4v) is 2.12. The normalized spacial score (nSPS) is 13.0. The molecule has 74 valence electrons. The summed E-state index contributed by atoms with van der Waals surface area (Å²) in [5, 5.41) is 9.87. The van der Waals surface area contributed by atoms with Gasteiger partial charge in [-0.15, -0.1) is 11.3 Å². The molecular weight excluding hydrogens is 198 g/mol. The van der Waals surface area contributed by atoms with Crippen LogP contribution in [0.2, 0.25) is 0 Å². The highest BCUT2D eigenvalue weighted by molar-refractivity contribution is 7.12. The van der Waals surface area contributed by atoms with E-state index >= 15 is 0 Å². The molecule has 0 aliphatic heterocycles. The first-order valence-corrected chi connectivity index (χ1v) is 5.13. The molecule has 2 heterocycles. The number of thiophene rings is 1. The third kappa shape index (κ3) is 1.72. The predicted octanol–water partition coefficient (Wildman–Crippen LogP) is 1.88. The van der Waals surface area contributed by atoms with Crippen LogP contribution in [0.5, 0.6) is 0 Å². The second kappa shape index (κ2) is 3.96. The fraction of sp³-hybridized carbons (Fsp3) is 0.200. The first-order valence-electron chi connectivity index (χ1n) is 4.31. The molecule has 1 atom stereocenters. The van der Waals surface area contributed by atoms with Crippen LogP contribution in [0.3, 0.4) is 0 Å². The maximum atomic E-state index is 9.87. The van der Waals surface area contributed by atoms with Gasteiger partial charge >= 0.3 is 0 Å². The Kier molecular flexibility index (Phi) is 2.67. The molecule has 0 fully saturated rings. The molecule has 4 heteroatoms. The molecule has 0 aliphatic carbocycles. The maximum Gasteiger partial charge on any atom is 0.146 e. The minimum Gasteiger partial charge on any atom is -0.466 e. The monoisotopic (exact) mass is 209 g/mol. The molecule has 3 nitrogen and oxygen atoms in total. The van der Waals surface area contributed by atoms with E-state index in [1.54, 1.807) is 18.4 Å². The minimum absolute atomic E-state index is 0.509. The smallest absolute Gasteiger partial charge is 0.146 e. The van der Waals surface area contributed by atoms with Crippen molar-refractivity contribution in [2.24, 2.45) is 5.73 Å². The van der Waals surface area contributed by atoms with Gasteiger partial charge in [-0.05, 0) is 24.3 Å². The van der Waals surface area contributed by atoms with Gasteiger partial charge in [-0.2, -0.15) is 0 Å². The SMILES string of the molecule is NCc1ccc(C(O)c2ccco2)s1. The molecule has 0 aromatic carbocycles. The summed E-state index contributed by atoms with van der Waals surface area (Å²) in [4.78, 5) is 1.92. The molecule has 3 N–H and O–H groups in total. The number of aliphatic hydroxyl groups excluding tert-OH is 1. The van der Waals surface area contributed by atoms with E-state index in [4.69, 9.17) is 10.2 Å². The molecule has 0 spiro atoms. The van der Waals surface area contributed by atoms with Crippen molar-refractivity contribution in [1.29, 1.82) is 0 Å². The Morgan fingerprint density at radius 2 is 2.29 bits per heavy atom. The fourth-order valence-electron chi connectivity index (χ4n) is 1.24. The summed E-state index contributed by atoms with van der Waals surface area (Å²) in [5.74, 6) is 0.565. The van der Waals surface area contributed by atoms with Gasteiger partial charge in [0.2, 0.25) is 0 Å². The Bertz CT molecular complexity index is 394. The van der Waals surface area contributed by atoms with E-state index in [2.05, 4.69) is 0 Å². The predicted molar refractivity (Wildman–Crippen MR) is 55.0 cm³/mol. The number of hydrogen-bond donors (Lipinski definition) is 2. The Morgan fingerprint density at radius 1 is 1.43 bits per heavy atom. The van der Waals surface area contributed by atoms with Crippen LogP contribution in [-0.2, 0) is 6.54 Å². The third-order valence-corrected chi connectivity index (χ3v) is 3.13. The van der Waals surface area contributed by atoms with Crippen molar-refractivity contribution in [3.63, 3.8) is 0 Å². The lowest BCUT2D eigenvalue weighted by Gasteiger charge is -2.03. The highest BCUT2D eigenvalue weighted by Gasteiger charge is 2.14. The molecular formula is C10H11NO2S. The molecule has 2 aromatic rings. The zero-order valence-corrected chi connectivity index (χ0v) is 8.33. The van der Waals surface area contributed by atoms with Crippen LogP contribution in [0.15, 0.2) is 34.9 Å². The minimum atomic E-state index is -0.671. The van der Waals surface area contributed by atoms with Crippen LogP contribution in [-0.4, -0.2) is 5.11 Å². The topological polar surface area (TPSA) is 59.4 Å². The summed E-state index contributed by atoms with van der Waals surface area (Å²) in [7, 11) is 0. The van der Waals surface area contributed by atoms with E-state index in [0.29, 0.717) is 12.3 Å². The summed E-state index contributed by atoms with van der Waals surface area (Å²) >= 11 is 1.50. The van der Waals surface area contributed by atoms with Crippen molar-refractivity contribution >= 4 is 11.3 Å². The van der Waals surface area contributed by atoms with Crippen molar-refractivity contribution in [1.82, 2.24) is 0 Å². The van der Waals surface area contributed by atoms with Gasteiger partial charge < -0.3 is 15.3 Å². The van der Waals surface area contributed by atoms with Gasteiger partial charge in [0, 0.05) is 16.3 Å². The molecule has 0 radical (unpaired) electrons. The molecule has 0 saturated carbocycles. The van der Waals surface area contributed by atoms with Gasteiger partial charge in [-0.3, -0.25) is 0 Å². The number of rotatable bonds is 3. The molecule has 2 aromatic heterocycles. The van der Waals surface area contributed by atoms with Gasteiger partial charge in [0.05, 0.1) is 6.26 Å². The van der Waals surface area contributed by atoms with Crippen LogP contribution >= 0.6 is 11.3 Å². The van der Waals surface area contributed by atoms with Gasteiger partial charge in [0.25, 0.3) is 0 Å². The lowest BCUT2D eigenvalue weighted by atomic mass is 10.2. The van der Waals surface area contributed by atoms with E-state index in [-0.39, 0.29) is 0 Å². The summed E-state index contributed by atoms with van der Waals surface area (Å²) in [6.45, 7) is 0.509. The van der Waals surface area contributed by atoms with E-state index in [0.717, 1.165) is 9.75 Å². The van der Waals surface area contributed by atoms with Crippen LogP contribution < -0.4 is 5.73 Å². The summed E-state index contributed by atoms with van der Waals surface area (Å²) in [6.07, 6.45) is 0.881. The van der Waals surface area contributed by atoms with Crippen molar-refractivity contribution in [3.05, 3.63) is 46.0 Å². The maximum absolute atomic E-state index is 9.87.